The molecule has 0 aliphatic carbocycles. The number of carbonyl (C=O) groups excluding carboxylic acids is 1. The topological polar surface area (TPSA) is 84.5 Å². The summed E-state index contributed by atoms with van der Waals surface area (Å²) in [4.78, 5) is 31.6. The van der Waals surface area contributed by atoms with Gasteiger partial charge in [0.25, 0.3) is 5.56 Å². The van der Waals surface area contributed by atoms with Crippen molar-refractivity contribution in [3.63, 3.8) is 0 Å². The predicted octanol–water partition coefficient (Wildman–Crippen LogP) is 0.645. The van der Waals surface area contributed by atoms with E-state index in [1.807, 2.05) is 0 Å². The Balaban J connectivity index is 1.50. The second kappa shape index (κ2) is 6.87. The normalized spacial score (nSPS) is 18.0. The number of nitrogens with one attached hydrogen (secondary N) is 1. The van der Waals surface area contributed by atoms with E-state index in [4.69, 9.17) is 0 Å². The molecule has 0 bridgehead atoms. The minimum Gasteiger partial charge on any atom is -0.353 e. The summed E-state index contributed by atoms with van der Waals surface area (Å²) < 4.78 is 3.04. The fraction of sp³-hybridized carbons (Fsp3) is 0.444. The van der Waals surface area contributed by atoms with Crippen molar-refractivity contribution >= 4 is 22.5 Å². The Hall–Kier alpha value is -2.74. The number of aromatic nitrogens is 4. The molecule has 26 heavy (non-hydrogen) atoms. The van der Waals surface area contributed by atoms with Crippen molar-refractivity contribution in [2.75, 3.05) is 19.6 Å². The fourth-order valence-corrected chi connectivity index (χ4v) is 3.71. The van der Waals surface area contributed by atoms with Gasteiger partial charge in [0.05, 0.1) is 17.1 Å². The fourth-order valence-electron chi connectivity index (χ4n) is 3.71. The SMILES string of the molecule is CCN1CCC[C@H]1CNC(=O)Cn1ccc2c(cnc3ccnn32)c1=O. The minimum absolute atomic E-state index is 0.00472. The zero-order valence-electron chi connectivity index (χ0n) is 14.8. The maximum atomic E-state index is 12.7. The molecule has 1 saturated heterocycles. The van der Waals surface area contributed by atoms with Gasteiger partial charge < -0.3 is 9.88 Å². The van der Waals surface area contributed by atoms with E-state index in [1.54, 1.807) is 35.2 Å². The molecule has 0 spiro atoms. The Morgan fingerprint density at radius 2 is 2.27 bits per heavy atom. The largest absolute Gasteiger partial charge is 0.353 e. The van der Waals surface area contributed by atoms with Gasteiger partial charge in [-0.15, -0.1) is 0 Å². The molecule has 1 atom stereocenters. The molecule has 136 valence electrons. The number of fused-ring (bicyclic) bond motifs is 3. The van der Waals surface area contributed by atoms with Crippen molar-refractivity contribution in [2.45, 2.75) is 32.4 Å². The highest BCUT2D eigenvalue weighted by Gasteiger charge is 2.23. The van der Waals surface area contributed by atoms with Crippen LogP contribution in [0, 0.1) is 0 Å². The zero-order valence-corrected chi connectivity index (χ0v) is 14.8. The van der Waals surface area contributed by atoms with Gasteiger partial charge in [-0.05, 0) is 32.0 Å². The van der Waals surface area contributed by atoms with Crippen LogP contribution in [-0.2, 0) is 11.3 Å². The van der Waals surface area contributed by atoms with Crippen molar-refractivity contribution in [1.82, 2.24) is 29.4 Å². The van der Waals surface area contributed by atoms with Gasteiger partial charge >= 0.3 is 0 Å². The molecule has 0 unspecified atom stereocenters. The van der Waals surface area contributed by atoms with E-state index in [9.17, 15) is 9.59 Å². The zero-order chi connectivity index (χ0) is 18.1. The van der Waals surface area contributed by atoms with Crippen molar-refractivity contribution in [3.05, 3.63) is 41.1 Å². The molecule has 0 radical (unpaired) electrons. The minimum atomic E-state index is -0.237. The molecule has 1 N–H and O–H groups in total. The first-order valence-electron chi connectivity index (χ1n) is 9.00. The van der Waals surface area contributed by atoms with Gasteiger partial charge in [-0.1, -0.05) is 6.92 Å². The number of amides is 1. The van der Waals surface area contributed by atoms with Gasteiger partial charge in [0.2, 0.25) is 5.91 Å². The third kappa shape index (κ3) is 2.96. The van der Waals surface area contributed by atoms with E-state index in [0.29, 0.717) is 29.1 Å². The van der Waals surface area contributed by atoms with Crippen molar-refractivity contribution in [2.24, 2.45) is 0 Å². The molecule has 4 heterocycles. The van der Waals surface area contributed by atoms with Crippen molar-refractivity contribution < 1.29 is 4.79 Å². The van der Waals surface area contributed by atoms with Crippen LogP contribution >= 0.6 is 0 Å². The first-order chi connectivity index (χ1) is 12.7. The Bertz CT molecular complexity index is 1010. The molecule has 3 aromatic rings. The van der Waals surface area contributed by atoms with Crippen LogP contribution in [0.3, 0.4) is 0 Å². The number of nitrogens with zero attached hydrogens (tertiary/aromatic N) is 5. The smallest absolute Gasteiger partial charge is 0.262 e. The highest BCUT2D eigenvalue weighted by molar-refractivity contribution is 5.80. The van der Waals surface area contributed by atoms with Gasteiger partial charge in [0.15, 0.2) is 5.65 Å². The predicted molar refractivity (Wildman–Crippen MR) is 98.0 cm³/mol. The summed E-state index contributed by atoms with van der Waals surface area (Å²) in [6.07, 6.45) is 7.10. The Labute approximate surface area is 150 Å². The second-order valence-electron chi connectivity index (χ2n) is 6.64. The van der Waals surface area contributed by atoms with Crippen molar-refractivity contribution in [1.29, 1.82) is 0 Å². The highest BCUT2D eigenvalue weighted by Crippen LogP contribution is 2.15. The summed E-state index contributed by atoms with van der Waals surface area (Å²) in [7, 11) is 0. The molecule has 3 aromatic heterocycles. The van der Waals surface area contributed by atoms with E-state index >= 15 is 0 Å². The lowest BCUT2D eigenvalue weighted by molar-refractivity contribution is -0.121. The number of hydrogen-bond acceptors (Lipinski definition) is 5. The molecule has 0 aromatic carbocycles. The summed E-state index contributed by atoms with van der Waals surface area (Å²) in [5.74, 6) is -0.150. The lowest BCUT2D eigenvalue weighted by Gasteiger charge is -2.22. The van der Waals surface area contributed by atoms with Crippen LogP contribution in [0.1, 0.15) is 19.8 Å². The van der Waals surface area contributed by atoms with Crippen molar-refractivity contribution in [3.8, 4) is 0 Å². The number of hydrogen-bond donors (Lipinski definition) is 1. The van der Waals surface area contributed by atoms with Gasteiger partial charge in [-0.3, -0.25) is 14.5 Å². The van der Waals surface area contributed by atoms with Crippen LogP contribution in [0.4, 0.5) is 0 Å². The summed E-state index contributed by atoms with van der Waals surface area (Å²) >= 11 is 0. The Morgan fingerprint density at radius 1 is 1.38 bits per heavy atom. The van der Waals surface area contributed by atoms with E-state index in [2.05, 4.69) is 27.2 Å². The maximum Gasteiger partial charge on any atom is 0.262 e. The monoisotopic (exact) mass is 354 g/mol. The average Bonchev–Trinajstić information content (AvgIpc) is 3.30. The van der Waals surface area contributed by atoms with Crippen LogP contribution < -0.4 is 10.9 Å². The van der Waals surface area contributed by atoms with Crippen LogP contribution in [0.2, 0.25) is 0 Å². The summed E-state index contributed by atoms with van der Waals surface area (Å²) in [5.41, 5.74) is 1.13. The Kier molecular flexibility index (Phi) is 4.42. The molecule has 1 aliphatic rings. The number of rotatable bonds is 5. The lowest BCUT2D eigenvalue weighted by atomic mass is 10.2. The van der Waals surface area contributed by atoms with Gasteiger partial charge in [-0.2, -0.15) is 5.10 Å². The number of pyridine rings is 1. The molecule has 8 nitrogen and oxygen atoms in total. The van der Waals surface area contributed by atoms with Crippen LogP contribution in [0.25, 0.3) is 16.6 Å². The number of likely N-dealkylation sites (N-methyl/N-ethyl adjacent to an activating group) is 1. The van der Waals surface area contributed by atoms with Crippen LogP contribution in [0.5, 0.6) is 0 Å². The van der Waals surface area contributed by atoms with E-state index < -0.39 is 0 Å². The lowest BCUT2D eigenvalue weighted by Crippen LogP contribution is -2.41. The molecule has 4 rings (SSSR count). The maximum absolute atomic E-state index is 12.7. The van der Waals surface area contributed by atoms with E-state index in [-0.39, 0.29) is 18.0 Å². The number of likely N-dealkylation sites (tertiary alicyclic amines) is 1. The molecule has 8 heteroatoms. The van der Waals surface area contributed by atoms with Gasteiger partial charge in [-0.25, -0.2) is 9.50 Å². The van der Waals surface area contributed by atoms with Gasteiger partial charge in [0, 0.05) is 31.0 Å². The highest BCUT2D eigenvalue weighted by atomic mass is 16.2. The first-order valence-corrected chi connectivity index (χ1v) is 9.00. The molecular formula is C18H22N6O2. The first kappa shape index (κ1) is 16.7. The average molecular weight is 354 g/mol. The molecule has 1 fully saturated rings. The third-order valence-electron chi connectivity index (χ3n) is 5.11. The molecule has 1 aliphatic heterocycles. The van der Waals surface area contributed by atoms with E-state index in [0.717, 1.165) is 19.5 Å². The third-order valence-corrected chi connectivity index (χ3v) is 5.11. The second-order valence-corrected chi connectivity index (χ2v) is 6.64. The summed E-state index contributed by atoms with van der Waals surface area (Å²) in [5, 5.41) is 7.60. The number of carbonyl (C=O) groups is 1. The van der Waals surface area contributed by atoms with E-state index in [1.165, 1.54) is 11.0 Å². The molecule has 1 amide bonds. The van der Waals surface area contributed by atoms with Gasteiger partial charge in [0.1, 0.15) is 6.54 Å². The standard InChI is InChI=1S/C18H22N6O2/c1-2-22-8-3-4-13(22)10-20-17(25)12-23-9-6-15-14(18(23)26)11-19-16-5-7-21-24(15)16/h5-7,9,11,13H,2-4,8,10,12H2,1H3,(H,20,25)/t13-/m0/s1. The summed E-state index contributed by atoms with van der Waals surface area (Å²) in [6, 6.07) is 3.97. The Morgan fingerprint density at radius 3 is 3.12 bits per heavy atom. The van der Waals surface area contributed by atoms with Crippen LogP contribution in [0.15, 0.2) is 35.5 Å². The molecular weight excluding hydrogens is 332 g/mol. The van der Waals surface area contributed by atoms with Crippen LogP contribution in [-0.4, -0.2) is 55.6 Å². The molecule has 0 saturated carbocycles. The summed E-state index contributed by atoms with van der Waals surface area (Å²) in [6.45, 7) is 4.87. The quantitative estimate of drug-likeness (QED) is 0.727.